The van der Waals surface area contributed by atoms with Gasteiger partial charge in [-0.2, -0.15) is 0 Å². The van der Waals surface area contributed by atoms with E-state index in [0.717, 1.165) is 0 Å². The molecule has 0 spiro atoms. The van der Waals surface area contributed by atoms with Crippen molar-refractivity contribution < 1.29 is 14.3 Å². The van der Waals surface area contributed by atoms with Crippen LogP contribution >= 0.6 is 24.0 Å². The molecule has 0 saturated heterocycles. The number of hydrogen-bond acceptors (Lipinski definition) is 4. The van der Waals surface area contributed by atoms with Gasteiger partial charge in [0, 0.05) is 25.2 Å². The molecule has 1 rings (SSSR count). The topological polar surface area (TPSA) is 93.5 Å². The molecule has 0 heterocycles. The molecule has 0 saturated carbocycles. The Morgan fingerprint density at radius 3 is 2.64 bits per heavy atom. The van der Waals surface area contributed by atoms with Gasteiger partial charge in [0.2, 0.25) is 5.91 Å². The minimum absolute atomic E-state index is 0. The number of amides is 2. The Kier molecular flexibility index (Phi) is 9.76. The molecule has 0 fully saturated rings. The van der Waals surface area contributed by atoms with Gasteiger partial charge in [-0.25, -0.2) is 0 Å². The van der Waals surface area contributed by atoms with Crippen molar-refractivity contribution in [3.05, 3.63) is 28.8 Å². The smallest absolute Gasteiger partial charge is 0.253 e. The van der Waals surface area contributed by atoms with E-state index in [-0.39, 0.29) is 43.3 Å². The molecule has 0 bridgehead atoms. The molecule has 124 valence electrons. The zero-order valence-corrected chi connectivity index (χ0v) is 14.1. The lowest BCUT2D eigenvalue weighted by atomic mass is 10.1. The molecule has 1 atom stereocenters. The van der Waals surface area contributed by atoms with Gasteiger partial charge in [-0.3, -0.25) is 9.59 Å². The van der Waals surface area contributed by atoms with Crippen molar-refractivity contribution in [2.24, 2.45) is 5.73 Å². The highest BCUT2D eigenvalue weighted by molar-refractivity contribution is 6.31. The summed E-state index contributed by atoms with van der Waals surface area (Å²) in [5, 5.41) is 5.78. The second kappa shape index (κ2) is 10.4. The van der Waals surface area contributed by atoms with Gasteiger partial charge in [0.25, 0.3) is 5.91 Å². The molecule has 0 aliphatic rings. The third kappa shape index (κ3) is 6.19. The molecule has 0 radical (unpaired) electrons. The Hall–Kier alpha value is -1.34. The molecular weight excluding hydrogens is 329 g/mol. The highest BCUT2D eigenvalue weighted by atomic mass is 35.5. The monoisotopic (exact) mass is 349 g/mol. The van der Waals surface area contributed by atoms with Crippen LogP contribution in [0.25, 0.3) is 0 Å². The minimum atomic E-state index is -0.356. The lowest BCUT2D eigenvalue weighted by molar-refractivity contribution is -0.118. The van der Waals surface area contributed by atoms with Crippen LogP contribution in [0.3, 0.4) is 0 Å². The van der Waals surface area contributed by atoms with E-state index >= 15 is 0 Å². The van der Waals surface area contributed by atoms with E-state index in [1.54, 1.807) is 12.1 Å². The van der Waals surface area contributed by atoms with Gasteiger partial charge in [0.1, 0.15) is 0 Å². The Morgan fingerprint density at radius 1 is 1.41 bits per heavy atom. The summed E-state index contributed by atoms with van der Waals surface area (Å²) in [5.41, 5.74) is 6.20. The third-order valence-electron chi connectivity index (χ3n) is 2.85. The number of benzene rings is 1. The molecule has 6 nitrogen and oxygen atoms in total. The van der Waals surface area contributed by atoms with Crippen LogP contribution in [0.1, 0.15) is 23.7 Å². The Morgan fingerprint density at radius 2 is 2.09 bits per heavy atom. The summed E-state index contributed by atoms with van der Waals surface area (Å²) in [6.45, 7) is 2.54. The summed E-state index contributed by atoms with van der Waals surface area (Å²) < 4.78 is 5.06. The predicted molar refractivity (Wildman–Crippen MR) is 89.8 cm³/mol. The van der Waals surface area contributed by atoms with Crippen LogP contribution < -0.4 is 16.4 Å². The Labute approximate surface area is 141 Å². The average Bonchev–Trinajstić information content (AvgIpc) is 2.46. The van der Waals surface area contributed by atoms with E-state index in [9.17, 15) is 9.59 Å². The molecule has 4 N–H and O–H groups in total. The Balaban J connectivity index is 0.00000441. The van der Waals surface area contributed by atoms with Gasteiger partial charge in [-0.1, -0.05) is 11.6 Å². The molecule has 2 amide bonds. The summed E-state index contributed by atoms with van der Waals surface area (Å²) in [6.07, 6.45) is -0.241. The van der Waals surface area contributed by atoms with Crippen molar-refractivity contribution in [3.63, 3.8) is 0 Å². The molecule has 0 aliphatic heterocycles. The van der Waals surface area contributed by atoms with Crippen molar-refractivity contribution in [1.82, 2.24) is 5.32 Å². The number of ether oxygens (including phenoxy) is 1. The molecule has 1 aromatic carbocycles. The summed E-state index contributed by atoms with van der Waals surface area (Å²) >= 11 is 5.90. The zero-order valence-electron chi connectivity index (χ0n) is 12.5. The first kappa shape index (κ1) is 20.7. The number of carbonyl (C=O) groups is 2. The first-order valence-electron chi connectivity index (χ1n) is 6.62. The average molecular weight is 350 g/mol. The van der Waals surface area contributed by atoms with Gasteiger partial charge < -0.3 is 21.1 Å². The van der Waals surface area contributed by atoms with E-state index in [1.807, 2.05) is 6.92 Å². The maximum atomic E-state index is 12.0. The van der Waals surface area contributed by atoms with E-state index < -0.39 is 0 Å². The fourth-order valence-electron chi connectivity index (χ4n) is 1.74. The van der Waals surface area contributed by atoms with E-state index in [4.69, 9.17) is 22.1 Å². The number of hydrogen-bond donors (Lipinski definition) is 3. The van der Waals surface area contributed by atoms with Crippen LogP contribution in [0, 0.1) is 0 Å². The molecule has 22 heavy (non-hydrogen) atoms. The second-order valence-electron chi connectivity index (χ2n) is 4.40. The highest BCUT2D eigenvalue weighted by Gasteiger charge is 2.16. The molecule has 0 aliphatic carbocycles. The number of halogens is 2. The molecule has 1 aromatic rings. The third-order valence-corrected chi connectivity index (χ3v) is 3.08. The summed E-state index contributed by atoms with van der Waals surface area (Å²) in [5.74, 6) is -0.572. The van der Waals surface area contributed by atoms with Crippen LogP contribution in [-0.2, 0) is 9.53 Å². The predicted octanol–water partition coefficient (Wildman–Crippen LogP) is 1.81. The molecular formula is C14H21Cl2N3O3. The van der Waals surface area contributed by atoms with Crippen molar-refractivity contribution >= 4 is 41.5 Å². The number of methoxy groups -OCH3 is 1. The van der Waals surface area contributed by atoms with Crippen LogP contribution in [0.5, 0.6) is 0 Å². The van der Waals surface area contributed by atoms with E-state index in [1.165, 1.54) is 13.2 Å². The number of nitrogens with one attached hydrogen (secondary N) is 2. The summed E-state index contributed by atoms with van der Waals surface area (Å²) in [6, 6.07) is 4.71. The SMILES string of the molecule is CCNC(=O)c1cc(Cl)ccc1NC(=O)CC(CN)OC.Cl. The zero-order chi connectivity index (χ0) is 15.8. The van der Waals surface area contributed by atoms with Crippen molar-refractivity contribution in [3.8, 4) is 0 Å². The number of nitrogens with two attached hydrogens (primary N) is 1. The van der Waals surface area contributed by atoms with Gasteiger partial charge in [0.15, 0.2) is 0 Å². The molecule has 8 heteroatoms. The van der Waals surface area contributed by atoms with Crippen LogP contribution in [0.2, 0.25) is 5.02 Å². The van der Waals surface area contributed by atoms with Crippen LogP contribution in [-0.4, -0.2) is 38.1 Å². The van der Waals surface area contributed by atoms with Gasteiger partial charge in [-0.15, -0.1) is 12.4 Å². The summed E-state index contributed by atoms with van der Waals surface area (Å²) in [4.78, 5) is 23.9. The number of anilines is 1. The lowest BCUT2D eigenvalue weighted by Crippen LogP contribution is -2.29. The first-order valence-corrected chi connectivity index (χ1v) is 7.00. The highest BCUT2D eigenvalue weighted by Crippen LogP contribution is 2.21. The standard InChI is InChI=1S/C14H20ClN3O3.ClH/c1-3-17-14(20)11-6-9(15)4-5-12(11)18-13(19)7-10(8-16)21-2;/h4-6,10H,3,7-8,16H2,1-2H3,(H,17,20)(H,18,19);1H. The normalized spacial score (nSPS) is 11.3. The second-order valence-corrected chi connectivity index (χ2v) is 4.83. The number of carbonyl (C=O) groups excluding carboxylic acids is 2. The fourth-order valence-corrected chi connectivity index (χ4v) is 1.91. The first-order chi connectivity index (χ1) is 10.0. The maximum Gasteiger partial charge on any atom is 0.253 e. The van der Waals surface area contributed by atoms with Crippen molar-refractivity contribution in [2.45, 2.75) is 19.4 Å². The lowest BCUT2D eigenvalue weighted by Gasteiger charge is -2.14. The molecule has 1 unspecified atom stereocenters. The van der Waals surface area contributed by atoms with Crippen molar-refractivity contribution in [2.75, 3.05) is 25.5 Å². The van der Waals surface area contributed by atoms with E-state index in [2.05, 4.69) is 10.6 Å². The summed E-state index contributed by atoms with van der Waals surface area (Å²) in [7, 11) is 1.49. The minimum Gasteiger partial charge on any atom is -0.380 e. The van der Waals surface area contributed by atoms with E-state index in [0.29, 0.717) is 22.8 Å². The maximum absolute atomic E-state index is 12.0. The molecule has 0 aromatic heterocycles. The van der Waals surface area contributed by atoms with Gasteiger partial charge >= 0.3 is 0 Å². The quantitative estimate of drug-likeness (QED) is 0.699. The Bertz CT molecular complexity index is 508. The van der Waals surface area contributed by atoms with Crippen LogP contribution in [0.15, 0.2) is 18.2 Å². The number of rotatable bonds is 7. The van der Waals surface area contributed by atoms with Crippen molar-refractivity contribution in [1.29, 1.82) is 0 Å². The van der Waals surface area contributed by atoms with Crippen LogP contribution in [0.4, 0.5) is 5.69 Å². The fraction of sp³-hybridized carbons (Fsp3) is 0.429. The van der Waals surface area contributed by atoms with Gasteiger partial charge in [0.05, 0.1) is 23.8 Å². The largest absolute Gasteiger partial charge is 0.380 e. The van der Waals surface area contributed by atoms with Gasteiger partial charge in [-0.05, 0) is 25.1 Å².